The van der Waals surface area contributed by atoms with E-state index in [1.165, 1.54) is 0 Å². The fourth-order valence-corrected chi connectivity index (χ4v) is 2.25. The van der Waals surface area contributed by atoms with Gasteiger partial charge in [-0.05, 0) is 24.3 Å². The Balaban J connectivity index is 2.12. The quantitative estimate of drug-likeness (QED) is 0.784. The van der Waals surface area contributed by atoms with E-state index >= 15 is 0 Å². The van der Waals surface area contributed by atoms with E-state index in [1.807, 2.05) is 29.0 Å². The van der Waals surface area contributed by atoms with Gasteiger partial charge in [0.15, 0.2) is 11.6 Å². The number of furan rings is 1. The molecule has 6 nitrogen and oxygen atoms in total. The van der Waals surface area contributed by atoms with E-state index in [2.05, 4.69) is 4.98 Å². The molecule has 2 aromatic heterocycles. The molecule has 114 valence electrons. The zero-order chi connectivity index (χ0) is 15.5. The molecule has 0 bridgehead atoms. The highest BCUT2D eigenvalue weighted by Crippen LogP contribution is 2.31. The first-order chi connectivity index (χ1) is 10.8. The molecule has 0 unspecified atom stereocenters. The van der Waals surface area contributed by atoms with Gasteiger partial charge in [-0.15, -0.1) is 0 Å². The van der Waals surface area contributed by atoms with Gasteiger partial charge in [0, 0.05) is 18.5 Å². The molecular formula is C16H16N2O4. The van der Waals surface area contributed by atoms with Crippen molar-refractivity contribution in [2.75, 3.05) is 14.2 Å². The van der Waals surface area contributed by atoms with Crippen LogP contribution in [0.25, 0.3) is 17.3 Å². The van der Waals surface area contributed by atoms with Crippen molar-refractivity contribution in [3.05, 3.63) is 48.5 Å². The molecule has 1 aromatic carbocycles. The summed E-state index contributed by atoms with van der Waals surface area (Å²) in [5, 5.41) is 9.13. The van der Waals surface area contributed by atoms with Gasteiger partial charge in [0.1, 0.15) is 23.9 Å². The SMILES string of the molecule is COc1ccc(OC)c(-n2ccnc2-c2ccc(CO)o2)c1. The Kier molecular flexibility index (Phi) is 3.84. The average Bonchev–Trinajstić information content (AvgIpc) is 3.22. The number of imidazole rings is 1. The number of nitrogens with zero attached hydrogens (tertiary/aromatic N) is 2. The molecule has 0 aliphatic carbocycles. The predicted molar refractivity (Wildman–Crippen MR) is 80.3 cm³/mol. The Bertz CT molecular complexity index is 776. The van der Waals surface area contributed by atoms with Gasteiger partial charge in [-0.2, -0.15) is 0 Å². The minimum Gasteiger partial charge on any atom is -0.497 e. The van der Waals surface area contributed by atoms with Gasteiger partial charge >= 0.3 is 0 Å². The molecule has 0 radical (unpaired) electrons. The molecule has 2 heterocycles. The maximum absolute atomic E-state index is 9.13. The van der Waals surface area contributed by atoms with Crippen LogP contribution in [-0.4, -0.2) is 28.9 Å². The number of hydrogen-bond donors (Lipinski definition) is 1. The fourth-order valence-electron chi connectivity index (χ4n) is 2.25. The largest absolute Gasteiger partial charge is 0.497 e. The Morgan fingerprint density at radius 1 is 1.18 bits per heavy atom. The van der Waals surface area contributed by atoms with Crippen LogP contribution in [0, 0.1) is 0 Å². The van der Waals surface area contributed by atoms with Gasteiger partial charge in [0.05, 0.1) is 19.9 Å². The molecule has 6 heteroatoms. The van der Waals surface area contributed by atoms with Crippen LogP contribution in [0.1, 0.15) is 5.76 Å². The highest BCUT2D eigenvalue weighted by atomic mass is 16.5. The van der Waals surface area contributed by atoms with Crippen molar-refractivity contribution in [2.24, 2.45) is 0 Å². The summed E-state index contributed by atoms with van der Waals surface area (Å²) in [5.74, 6) is 3.08. The maximum atomic E-state index is 9.13. The normalized spacial score (nSPS) is 10.7. The molecule has 0 atom stereocenters. The van der Waals surface area contributed by atoms with Crippen LogP contribution < -0.4 is 9.47 Å². The molecule has 3 aromatic rings. The van der Waals surface area contributed by atoms with Crippen molar-refractivity contribution in [3.63, 3.8) is 0 Å². The third-order valence-corrected chi connectivity index (χ3v) is 3.32. The summed E-state index contributed by atoms with van der Waals surface area (Å²) in [6.45, 7) is -0.150. The summed E-state index contributed by atoms with van der Waals surface area (Å²) in [4.78, 5) is 4.33. The smallest absolute Gasteiger partial charge is 0.180 e. The highest BCUT2D eigenvalue weighted by molar-refractivity contribution is 5.58. The number of aliphatic hydroxyl groups excluding tert-OH is 1. The third kappa shape index (κ3) is 2.44. The van der Waals surface area contributed by atoms with Crippen LogP contribution in [-0.2, 0) is 6.61 Å². The van der Waals surface area contributed by atoms with Gasteiger partial charge in [0.25, 0.3) is 0 Å². The Morgan fingerprint density at radius 2 is 2.05 bits per heavy atom. The number of benzene rings is 1. The van der Waals surface area contributed by atoms with Crippen molar-refractivity contribution in [2.45, 2.75) is 6.61 Å². The summed E-state index contributed by atoms with van der Waals surface area (Å²) in [7, 11) is 3.22. The topological polar surface area (TPSA) is 69.7 Å². The molecule has 0 aliphatic rings. The van der Waals surface area contributed by atoms with Crippen LogP contribution in [0.5, 0.6) is 11.5 Å². The standard InChI is InChI=1S/C16H16N2O4/c1-20-11-3-5-14(21-2)13(9-11)18-8-7-17-16(18)15-6-4-12(10-19)22-15/h3-9,19H,10H2,1-2H3. The molecule has 0 aliphatic heterocycles. The maximum Gasteiger partial charge on any atom is 0.180 e. The first kappa shape index (κ1) is 14.2. The van der Waals surface area contributed by atoms with Crippen molar-refractivity contribution >= 4 is 0 Å². The summed E-state index contributed by atoms with van der Waals surface area (Å²) in [6.07, 6.45) is 3.49. The van der Waals surface area contributed by atoms with Crippen molar-refractivity contribution in [3.8, 4) is 28.8 Å². The van der Waals surface area contributed by atoms with Crippen LogP contribution in [0.15, 0.2) is 47.1 Å². The molecule has 0 amide bonds. The van der Waals surface area contributed by atoms with E-state index in [9.17, 15) is 0 Å². The van der Waals surface area contributed by atoms with Gasteiger partial charge in [-0.1, -0.05) is 0 Å². The monoisotopic (exact) mass is 300 g/mol. The lowest BCUT2D eigenvalue weighted by atomic mass is 10.2. The summed E-state index contributed by atoms with van der Waals surface area (Å²) >= 11 is 0. The Morgan fingerprint density at radius 3 is 2.73 bits per heavy atom. The lowest BCUT2D eigenvalue weighted by Gasteiger charge is -2.12. The number of methoxy groups -OCH3 is 2. The zero-order valence-corrected chi connectivity index (χ0v) is 12.3. The highest BCUT2D eigenvalue weighted by Gasteiger charge is 2.15. The van der Waals surface area contributed by atoms with Crippen LogP contribution >= 0.6 is 0 Å². The fraction of sp³-hybridized carbons (Fsp3) is 0.188. The van der Waals surface area contributed by atoms with Crippen molar-refractivity contribution in [1.29, 1.82) is 0 Å². The van der Waals surface area contributed by atoms with E-state index in [4.69, 9.17) is 19.0 Å². The Labute approximate surface area is 127 Å². The van der Waals surface area contributed by atoms with E-state index < -0.39 is 0 Å². The van der Waals surface area contributed by atoms with Crippen LogP contribution in [0.4, 0.5) is 0 Å². The third-order valence-electron chi connectivity index (χ3n) is 3.32. The summed E-state index contributed by atoms with van der Waals surface area (Å²) in [6, 6.07) is 9.02. The molecule has 0 saturated carbocycles. The van der Waals surface area contributed by atoms with E-state index in [0.29, 0.717) is 28.8 Å². The lowest BCUT2D eigenvalue weighted by molar-refractivity contribution is 0.248. The first-order valence-electron chi connectivity index (χ1n) is 6.72. The molecule has 0 spiro atoms. The summed E-state index contributed by atoms with van der Waals surface area (Å²) in [5.41, 5.74) is 0.788. The number of aromatic nitrogens is 2. The summed E-state index contributed by atoms with van der Waals surface area (Å²) < 4.78 is 18.1. The number of rotatable bonds is 5. The van der Waals surface area contributed by atoms with Crippen LogP contribution in [0.3, 0.4) is 0 Å². The van der Waals surface area contributed by atoms with Crippen LogP contribution in [0.2, 0.25) is 0 Å². The van der Waals surface area contributed by atoms with E-state index in [0.717, 1.165) is 5.69 Å². The van der Waals surface area contributed by atoms with Crippen molar-refractivity contribution < 1.29 is 19.0 Å². The number of aliphatic hydroxyl groups is 1. The molecule has 3 rings (SSSR count). The molecular weight excluding hydrogens is 284 g/mol. The second-order valence-electron chi connectivity index (χ2n) is 4.58. The van der Waals surface area contributed by atoms with Gasteiger partial charge in [-0.25, -0.2) is 4.98 Å². The minimum atomic E-state index is -0.150. The van der Waals surface area contributed by atoms with Crippen molar-refractivity contribution in [1.82, 2.24) is 9.55 Å². The van der Waals surface area contributed by atoms with Gasteiger partial charge in [0.2, 0.25) is 0 Å². The Hall–Kier alpha value is -2.73. The molecule has 22 heavy (non-hydrogen) atoms. The second kappa shape index (κ2) is 5.95. The number of ether oxygens (including phenoxy) is 2. The lowest BCUT2D eigenvalue weighted by Crippen LogP contribution is -2.00. The van der Waals surface area contributed by atoms with Gasteiger partial charge in [-0.3, -0.25) is 4.57 Å². The first-order valence-corrected chi connectivity index (χ1v) is 6.72. The van der Waals surface area contributed by atoms with E-state index in [1.54, 1.807) is 32.5 Å². The van der Waals surface area contributed by atoms with E-state index in [-0.39, 0.29) is 6.61 Å². The average molecular weight is 300 g/mol. The molecule has 1 N–H and O–H groups in total. The minimum absolute atomic E-state index is 0.150. The second-order valence-corrected chi connectivity index (χ2v) is 4.58. The predicted octanol–water partition coefficient (Wildman–Crippen LogP) is 2.64. The molecule has 0 fully saturated rings. The number of hydrogen-bond acceptors (Lipinski definition) is 5. The zero-order valence-electron chi connectivity index (χ0n) is 12.3. The van der Waals surface area contributed by atoms with Gasteiger partial charge < -0.3 is 19.0 Å². The molecule has 0 saturated heterocycles.